The molecule has 0 N–H and O–H groups in total. The van der Waals surface area contributed by atoms with Gasteiger partial charge in [0, 0.05) is 0 Å². The summed E-state index contributed by atoms with van der Waals surface area (Å²) in [7, 11) is 6.95. The zero-order valence-corrected chi connectivity index (χ0v) is 13.0. The molecule has 82 valence electrons. The Morgan fingerprint density at radius 3 is 2.27 bits per heavy atom. The first-order valence-corrected chi connectivity index (χ1v) is 15.5. The van der Waals surface area contributed by atoms with Gasteiger partial charge in [-0.15, -0.1) is 0 Å². The van der Waals surface area contributed by atoms with E-state index in [1.807, 2.05) is 0 Å². The van der Waals surface area contributed by atoms with E-state index in [4.69, 9.17) is 8.92 Å². The molecule has 2 heteroatoms. The van der Waals surface area contributed by atoms with Crippen molar-refractivity contribution in [2.75, 3.05) is 0 Å². The fourth-order valence-electron chi connectivity index (χ4n) is 2.64. The third-order valence-electron chi connectivity index (χ3n) is 3.71. The van der Waals surface area contributed by atoms with Gasteiger partial charge in [0.25, 0.3) is 0 Å². The maximum atomic E-state index is 6.95. The van der Waals surface area contributed by atoms with Crippen LogP contribution in [0, 0.1) is 0 Å². The molecule has 15 heavy (non-hydrogen) atoms. The van der Waals surface area contributed by atoms with Gasteiger partial charge < -0.3 is 0 Å². The monoisotopic (exact) mass is 330 g/mol. The number of rotatable bonds is 2. The van der Waals surface area contributed by atoms with Gasteiger partial charge in [-0.05, 0) is 0 Å². The second-order valence-corrected chi connectivity index (χ2v) is 20.2. The van der Waals surface area contributed by atoms with Crippen LogP contribution in [-0.2, 0) is 0 Å². The van der Waals surface area contributed by atoms with Crippen LogP contribution in [0.5, 0.6) is 0 Å². The fraction of sp³-hybridized carbons (Fsp3) is 0.538. The van der Waals surface area contributed by atoms with Crippen molar-refractivity contribution in [3.63, 3.8) is 0 Å². The molecule has 1 saturated carbocycles. The van der Waals surface area contributed by atoms with Crippen molar-refractivity contribution in [2.24, 2.45) is 0 Å². The van der Waals surface area contributed by atoms with E-state index in [0.29, 0.717) is 0 Å². The molecular weight excluding hydrogens is 310 g/mol. The quantitative estimate of drug-likeness (QED) is 0.718. The van der Waals surface area contributed by atoms with Crippen molar-refractivity contribution in [1.29, 1.82) is 0 Å². The molecule has 0 spiro atoms. The van der Waals surface area contributed by atoms with Crippen LogP contribution in [0.3, 0.4) is 0 Å². The summed E-state index contributed by atoms with van der Waals surface area (Å²) >= 11 is -2.50. The molecule has 0 bridgehead atoms. The van der Waals surface area contributed by atoms with E-state index in [9.17, 15) is 0 Å². The Kier molecular flexibility index (Phi) is 4.00. The van der Waals surface area contributed by atoms with Gasteiger partial charge in [0.15, 0.2) is 0 Å². The Morgan fingerprint density at radius 1 is 1.07 bits per heavy atom. The Morgan fingerprint density at radius 2 is 1.67 bits per heavy atom. The van der Waals surface area contributed by atoms with E-state index < -0.39 is 17.3 Å². The van der Waals surface area contributed by atoms with E-state index in [0.717, 1.165) is 3.93 Å². The van der Waals surface area contributed by atoms with Gasteiger partial charge in [0.05, 0.1) is 0 Å². The predicted octanol–water partition coefficient (Wildman–Crippen LogP) is 4.04. The maximum absolute atomic E-state index is 6.95. The first-order chi connectivity index (χ1) is 7.21. The average Bonchev–Trinajstić information content (AvgIpc) is 2.31. The van der Waals surface area contributed by atoms with Crippen molar-refractivity contribution in [3.05, 3.63) is 30.3 Å². The summed E-state index contributed by atoms with van der Waals surface area (Å²) in [5, 5.41) is 0. The summed E-state index contributed by atoms with van der Waals surface area (Å²) in [6, 6.07) is 10.9. The Balaban J connectivity index is 2.18. The van der Waals surface area contributed by atoms with Crippen LogP contribution in [0.2, 0.25) is 8.87 Å². The molecule has 0 aliphatic heterocycles. The molecule has 1 fully saturated rings. The molecule has 1 unspecified atom stereocenters. The molecule has 1 aromatic carbocycles. The summed E-state index contributed by atoms with van der Waals surface area (Å²) < 4.78 is 2.34. The molecule has 0 aromatic heterocycles. The summed E-state index contributed by atoms with van der Waals surface area (Å²) in [6.07, 6.45) is 6.98. The molecule has 1 aliphatic carbocycles. The summed E-state index contributed by atoms with van der Waals surface area (Å²) in [5.74, 6) is 0. The summed E-state index contributed by atoms with van der Waals surface area (Å²) in [6.45, 7) is 0. The number of benzene rings is 1. The Bertz CT molecular complexity index is 302. The van der Waals surface area contributed by atoms with Crippen LogP contribution < -0.4 is 3.58 Å². The van der Waals surface area contributed by atoms with Crippen molar-refractivity contribution < 1.29 is 0 Å². The van der Waals surface area contributed by atoms with Crippen molar-refractivity contribution in [3.8, 4) is 0 Å². The third kappa shape index (κ3) is 2.71. The van der Waals surface area contributed by atoms with Gasteiger partial charge in [0.2, 0.25) is 0 Å². The van der Waals surface area contributed by atoms with E-state index >= 15 is 0 Å². The van der Waals surface area contributed by atoms with Gasteiger partial charge in [-0.1, -0.05) is 0 Å². The molecular formula is C13H19ClSn. The number of hydrogen-bond donors (Lipinski definition) is 0. The molecule has 0 heterocycles. The molecule has 0 amide bonds. The molecule has 0 nitrogen and oxygen atoms in total. The average molecular weight is 329 g/mol. The minimum absolute atomic E-state index is 0.858. The van der Waals surface area contributed by atoms with E-state index in [1.165, 1.54) is 35.7 Å². The molecule has 1 aliphatic rings. The van der Waals surface area contributed by atoms with Gasteiger partial charge in [-0.25, -0.2) is 0 Å². The van der Waals surface area contributed by atoms with Gasteiger partial charge in [-0.3, -0.25) is 0 Å². The van der Waals surface area contributed by atoms with Crippen LogP contribution >= 0.6 is 8.92 Å². The molecule has 0 saturated heterocycles. The minimum atomic E-state index is -2.50. The molecule has 1 atom stereocenters. The van der Waals surface area contributed by atoms with Crippen LogP contribution in [-0.4, -0.2) is 17.3 Å². The van der Waals surface area contributed by atoms with Crippen LogP contribution in [0.15, 0.2) is 30.3 Å². The van der Waals surface area contributed by atoms with E-state index in [2.05, 4.69) is 35.3 Å². The first kappa shape index (κ1) is 11.8. The zero-order chi connectivity index (χ0) is 10.7. The van der Waals surface area contributed by atoms with Crippen molar-refractivity contribution in [1.82, 2.24) is 0 Å². The molecule has 0 radical (unpaired) electrons. The second kappa shape index (κ2) is 5.09. The van der Waals surface area contributed by atoms with Crippen molar-refractivity contribution >= 4 is 29.8 Å². The predicted molar refractivity (Wildman–Crippen MR) is 70.4 cm³/mol. The van der Waals surface area contributed by atoms with Crippen LogP contribution in [0.4, 0.5) is 0 Å². The Labute approximate surface area is 101 Å². The SMILES string of the molecule is [CH3][Sn]([Cl])([c]1ccccc1)[CH]1CCCCC1. The third-order valence-corrected chi connectivity index (χ3v) is 17.4. The van der Waals surface area contributed by atoms with Crippen molar-refractivity contribution in [2.45, 2.75) is 41.0 Å². The zero-order valence-electron chi connectivity index (χ0n) is 9.38. The van der Waals surface area contributed by atoms with Crippen LogP contribution in [0.1, 0.15) is 32.1 Å². The van der Waals surface area contributed by atoms with E-state index in [1.54, 1.807) is 0 Å². The van der Waals surface area contributed by atoms with Gasteiger partial charge in [0.1, 0.15) is 0 Å². The standard InChI is InChI=1S/C6H11.C6H5.CH3.ClH.Sn/c2*1-2-4-6-5-3-1;;;/h1H,2-6H2;1-5H;1H3;1H;/q;;;;+1/p-1. The number of hydrogen-bond acceptors (Lipinski definition) is 0. The van der Waals surface area contributed by atoms with Gasteiger partial charge >= 0.3 is 101 Å². The number of halogens is 1. The summed E-state index contributed by atoms with van der Waals surface area (Å²) in [5.41, 5.74) is 0. The molecule has 1 aromatic rings. The first-order valence-electron chi connectivity index (χ1n) is 5.95. The fourth-order valence-corrected chi connectivity index (χ4v) is 13.0. The normalized spacial score (nSPS) is 22.3. The Hall–Kier alpha value is 0.309. The topological polar surface area (TPSA) is 0 Å². The summed E-state index contributed by atoms with van der Waals surface area (Å²) in [4.78, 5) is 2.39. The second-order valence-electron chi connectivity index (χ2n) is 4.78. The van der Waals surface area contributed by atoms with Gasteiger partial charge in [-0.2, -0.15) is 0 Å². The van der Waals surface area contributed by atoms with Crippen LogP contribution in [0.25, 0.3) is 0 Å². The van der Waals surface area contributed by atoms with E-state index in [-0.39, 0.29) is 0 Å². The molecule has 2 rings (SSSR count).